The third kappa shape index (κ3) is 4.09. The van der Waals surface area contributed by atoms with Crippen molar-refractivity contribution in [1.29, 1.82) is 0 Å². The highest BCUT2D eigenvalue weighted by Gasteiger charge is 2.07. The largest absolute Gasteiger partial charge is 0.307 e. The number of nitrogens with zero attached hydrogens (tertiary/aromatic N) is 2. The Morgan fingerprint density at radius 2 is 1.80 bits per heavy atom. The Morgan fingerprint density at radius 1 is 1.10 bits per heavy atom. The molecule has 0 aliphatic carbocycles. The molecule has 0 saturated carbocycles. The summed E-state index contributed by atoms with van der Waals surface area (Å²) in [4.78, 5) is 0. The minimum atomic E-state index is 0.514. The van der Waals surface area contributed by atoms with Gasteiger partial charge in [-0.3, -0.25) is 4.68 Å². The highest BCUT2D eigenvalue weighted by molar-refractivity contribution is 6.30. The summed E-state index contributed by atoms with van der Waals surface area (Å²) in [5, 5.41) is 8.81. The van der Waals surface area contributed by atoms with Gasteiger partial charge in [0.25, 0.3) is 0 Å². The first-order valence-electron chi connectivity index (χ1n) is 7.22. The lowest BCUT2D eigenvalue weighted by molar-refractivity contribution is 0.424. The van der Waals surface area contributed by atoms with Crippen LogP contribution in [0.3, 0.4) is 0 Å². The molecule has 1 heterocycles. The van der Waals surface area contributed by atoms with Gasteiger partial charge in [-0.1, -0.05) is 37.6 Å². The van der Waals surface area contributed by atoms with Gasteiger partial charge in [-0.15, -0.1) is 0 Å². The lowest BCUT2D eigenvalue weighted by atomic mass is 10.2. The monoisotopic (exact) mass is 291 g/mol. The van der Waals surface area contributed by atoms with Gasteiger partial charge in [-0.05, 0) is 36.6 Å². The number of nitrogens with one attached hydrogen (secondary N) is 1. The van der Waals surface area contributed by atoms with E-state index in [1.165, 1.54) is 5.56 Å². The molecule has 1 N–H and O–H groups in total. The maximum Gasteiger partial charge on any atom is 0.0762 e. The van der Waals surface area contributed by atoms with Crippen LogP contribution in [0.25, 0.3) is 0 Å². The molecule has 0 atom stereocenters. The maximum absolute atomic E-state index is 5.87. The Kier molecular flexibility index (Phi) is 5.62. The molecule has 0 aliphatic rings. The van der Waals surface area contributed by atoms with Gasteiger partial charge in [0, 0.05) is 24.3 Å². The fraction of sp³-hybridized carbons (Fsp3) is 0.438. The van der Waals surface area contributed by atoms with E-state index in [1.807, 2.05) is 24.3 Å². The molecule has 20 heavy (non-hydrogen) atoms. The Bertz CT molecular complexity index is 515. The van der Waals surface area contributed by atoms with Crippen molar-refractivity contribution in [1.82, 2.24) is 15.1 Å². The number of halogens is 1. The minimum absolute atomic E-state index is 0.514. The molecule has 0 aliphatic heterocycles. The summed E-state index contributed by atoms with van der Waals surface area (Å²) < 4.78 is 2.08. The smallest absolute Gasteiger partial charge is 0.0762 e. The van der Waals surface area contributed by atoms with Gasteiger partial charge in [0.1, 0.15) is 0 Å². The van der Waals surface area contributed by atoms with E-state index in [9.17, 15) is 0 Å². The molecule has 0 saturated heterocycles. The van der Waals surface area contributed by atoms with E-state index in [-0.39, 0.29) is 0 Å². The van der Waals surface area contributed by atoms with Crippen LogP contribution >= 0.6 is 11.6 Å². The predicted octanol–water partition coefficient (Wildman–Crippen LogP) is 4.19. The van der Waals surface area contributed by atoms with Gasteiger partial charge in [0.15, 0.2) is 0 Å². The predicted molar refractivity (Wildman–Crippen MR) is 83.8 cm³/mol. The van der Waals surface area contributed by atoms with E-state index in [0.29, 0.717) is 6.04 Å². The van der Waals surface area contributed by atoms with Crippen molar-refractivity contribution in [3.63, 3.8) is 0 Å². The molecular weight excluding hydrogens is 270 g/mol. The minimum Gasteiger partial charge on any atom is -0.307 e. The summed E-state index contributed by atoms with van der Waals surface area (Å²) in [7, 11) is 0. The molecule has 0 spiro atoms. The van der Waals surface area contributed by atoms with Gasteiger partial charge < -0.3 is 5.32 Å². The average Bonchev–Trinajstić information content (AvgIpc) is 2.91. The summed E-state index contributed by atoms with van der Waals surface area (Å²) in [5.41, 5.74) is 2.32. The molecule has 4 heteroatoms. The molecule has 108 valence electrons. The maximum atomic E-state index is 5.87. The molecule has 0 bridgehead atoms. The molecule has 0 radical (unpaired) electrons. The Morgan fingerprint density at radius 3 is 2.45 bits per heavy atom. The number of hydrogen-bond donors (Lipinski definition) is 1. The van der Waals surface area contributed by atoms with E-state index in [1.54, 1.807) is 0 Å². The third-order valence-corrected chi connectivity index (χ3v) is 3.78. The lowest BCUT2D eigenvalue weighted by Crippen LogP contribution is -2.14. The van der Waals surface area contributed by atoms with Crippen molar-refractivity contribution in [3.8, 4) is 0 Å². The van der Waals surface area contributed by atoms with Crippen LogP contribution in [0.4, 0.5) is 0 Å². The summed E-state index contributed by atoms with van der Waals surface area (Å²) >= 11 is 5.87. The first kappa shape index (κ1) is 15.1. The van der Waals surface area contributed by atoms with Crippen molar-refractivity contribution in [2.75, 3.05) is 0 Å². The Labute approximate surface area is 126 Å². The molecule has 2 rings (SSSR count). The van der Waals surface area contributed by atoms with E-state index in [0.717, 1.165) is 36.6 Å². The van der Waals surface area contributed by atoms with Crippen LogP contribution in [0, 0.1) is 0 Å². The fourth-order valence-corrected chi connectivity index (χ4v) is 2.40. The zero-order chi connectivity index (χ0) is 14.4. The topological polar surface area (TPSA) is 29.9 Å². The second-order valence-corrected chi connectivity index (χ2v) is 5.42. The van der Waals surface area contributed by atoms with Crippen molar-refractivity contribution in [2.24, 2.45) is 0 Å². The van der Waals surface area contributed by atoms with Crippen LogP contribution < -0.4 is 5.32 Å². The van der Waals surface area contributed by atoms with Crippen molar-refractivity contribution < 1.29 is 0 Å². The zero-order valence-corrected chi connectivity index (χ0v) is 12.9. The van der Waals surface area contributed by atoms with Gasteiger partial charge >= 0.3 is 0 Å². The zero-order valence-electron chi connectivity index (χ0n) is 12.1. The van der Waals surface area contributed by atoms with Crippen molar-refractivity contribution in [3.05, 3.63) is 52.8 Å². The normalized spacial score (nSPS) is 11.2. The van der Waals surface area contributed by atoms with Crippen LogP contribution in [0.2, 0.25) is 5.02 Å². The van der Waals surface area contributed by atoms with Crippen LogP contribution in [0.1, 0.15) is 44.0 Å². The molecule has 1 aromatic heterocycles. The molecule has 0 unspecified atom stereocenters. The Balaban J connectivity index is 1.84. The molecule has 0 amide bonds. The van der Waals surface area contributed by atoms with Crippen LogP contribution in [0.5, 0.6) is 0 Å². The van der Waals surface area contributed by atoms with Crippen molar-refractivity contribution in [2.45, 2.75) is 45.8 Å². The molecule has 3 nitrogen and oxygen atoms in total. The van der Waals surface area contributed by atoms with E-state index < -0.39 is 0 Å². The summed E-state index contributed by atoms with van der Waals surface area (Å²) in [6.07, 6.45) is 4.32. The summed E-state index contributed by atoms with van der Waals surface area (Å²) in [6, 6.07) is 10.5. The van der Waals surface area contributed by atoms with Gasteiger partial charge in [-0.2, -0.15) is 5.10 Å². The lowest BCUT2D eigenvalue weighted by Gasteiger charge is -2.12. The second-order valence-electron chi connectivity index (χ2n) is 4.99. The standard InChI is InChI=1S/C16H22ClN3/c1-3-16(4-2)20-10-9-15(19-20)12-18-11-13-5-7-14(17)8-6-13/h5-10,16,18H,3-4,11-12H2,1-2H3. The first-order valence-corrected chi connectivity index (χ1v) is 7.60. The third-order valence-electron chi connectivity index (χ3n) is 3.53. The van der Waals surface area contributed by atoms with E-state index in [2.05, 4.69) is 41.2 Å². The quantitative estimate of drug-likeness (QED) is 0.829. The molecule has 1 aromatic carbocycles. The summed E-state index contributed by atoms with van der Waals surface area (Å²) in [5.74, 6) is 0. The number of hydrogen-bond acceptors (Lipinski definition) is 2. The first-order chi connectivity index (χ1) is 9.72. The van der Waals surface area contributed by atoms with Crippen LogP contribution in [-0.2, 0) is 13.1 Å². The van der Waals surface area contributed by atoms with Gasteiger partial charge in [0.05, 0.1) is 11.7 Å². The highest BCUT2D eigenvalue weighted by Crippen LogP contribution is 2.14. The fourth-order valence-electron chi connectivity index (χ4n) is 2.27. The number of benzene rings is 1. The van der Waals surface area contributed by atoms with Crippen molar-refractivity contribution >= 4 is 11.6 Å². The van der Waals surface area contributed by atoms with Crippen LogP contribution in [0.15, 0.2) is 36.5 Å². The number of rotatable bonds is 7. The molecule has 0 fully saturated rings. The molecular formula is C16H22ClN3. The second kappa shape index (κ2) is 7.46. The SMILES string of the molecule is CCC(CC)n1ccc(CNCc2ccc(Cl)cc2)n1. The van der Waals surface area contributed by atoms with E-state index >= 15 is 0 Å². The Hall–Kier alpha value is -1.32. The van der Waals surface area contributed by atoms with Gasteiger partial charge in [-0.25, -0.2) is 0 Å². The van der Waals surface area contributed by atoms with Gasteiger partial charge in [0.2, 0.25) is 0 Å². The number of aromatic nitrogens is 2. The highest BCUT2D eigenvalue weighted by atomic mass is 35.5. The average molecular weight is 292 g/mol. The van der Waals surface area contributed by atoms with E-state index in [4.69, 9.17) is 11.6 Å². The molecule has 2 aromatic rings. The summed E-state index contributed by atoms with van der Waals surface area (Å²) in [6.45, 7) is 6.02. The van der Waals surface area contributed by atoms with Crippen LogP contribution in [-0.4, -0.2) is 9.78 Å².